The molecule has 0 radical (unpaired) electrons. The summed E-state index contributed by atoms with van der Waals surface area (Å²) in [6.45, 7) is 4.61. The summed E-state index contributed by atoms with van der Waals surface area (Å²) in [5.74, 6) is -0.460. The minimum absolute atomic E-state index is 0.139. The fraction of sp³-hybridized carbons (Fsp3) is 0.306. The van der Waals surface area contributed by atoms with Crippen LogP contribution in [0.1, 0.15) is 22.3 Å². The van der Waals surface area contributed by atoms with Gasteiger partial charge in [0.2, 0.25) is 0 Å². The van der Waals surface area contributed by atoms with Gasteiger partial charge in [0.15, 0.2) is 0 Å². The van der Waals surface area contributed by atoms with Crippen LogP contribution in [0.4, 0.5) is 21.5 Å². The van der Waals surface area contributed by atoms with E-state index < -0.39 is 26.5 Å². The van der Waals surface area contributed by atoms with E-state index in [4.69, 9.17) is 0 Å². The SMILES string of the molecule is CN(C)CC[C@H](CSc1ccccc1)Nc1ccc(S(=O)(=O)NC(=O)c2ccc(N3CCN(Cc4ccc(F)cc4)CC3)cc2)cc1[N+](=O)[O-]. The molecule has 1 saturated heterocycles. The average Bonchev–Trinajstić information content (AvgIpc) is 3.11. The number of piperazine rings is 1. The van der Waals surface area contributed by atoms with E-state index in [9.17, 15) is 27.7 Å². The summed E-state index contributed by atoms with van der Waals surface area (Å²) in [6.07, 6.45) is 0.701. The smallest absolute Gasteiger partial charge is 0.293 e. The van der Waals surface area contributed by atoms with Gasteiger partial charge in [-0.3, -0.25) is 19.8 Å². The van der Waals surface area contributed by atoms with Gasteiger partial charge in [0.25, 0.3) is 21.6 Å². The molecule has 2 N–H and O–H groups in total. The largest absolute Gasteiger partial charge is 0.376 e. The highest BCUT2D eigenvalue weighted by Crippen LogP contribution is 2.30. The predicted molar refractivity (Wildman–Crippen MR) is 196 cm³/mol. The number of nitrogens with zero attached hydrogens (tertiary/aromatic N) is 4. The molecule has 4 aromatic rings. The van der Waals surface area contributed by atoms with Gasteiger partial charge in [-0.25, -0.2) is 17.5 Å². The Kier molecular flexibility index (Phi) is 12.5. The molecule has 264 valence electrons. The summed E-state index contributed by atoms with van der Waals surface area (Å²) in [5.41, 5.74) is 1.88. The van der Waals surface area contributed by atoms with Gasteiger partial charge in [0, 0.05) is 66.7 Å². The zero-order chi connectivity index (χ0) is 35.7. The van der Waals surface area contributed by atoms with Crippen molar-refractivity contribution in [3.05, 3.63) is 124 Å². The number of thioether (sulfide) groups is 1. The van der Waals surface area contributed by atoms with Crippen LogP contribution in [0.25, 0.3) is 0 Å². The van der Waals surface area contributed by atoms with E-state index in [-0.39, 0.29) is 28.0 Å². The van der Waals surface area contributed by atoms with Gasteiger partial charge in [-0.1, -0.05) is 30.3 Å². The first-order chi connectivity index (χ1) is 24.0. The maximum absolute atomic E-state index is 13.2. The third kappa shape index (κ3) is 10.3. The summed E-state index contributed by atoms with van der Waals surface area (Å²) >= 11 is 1.63. The van der Waals surface area contributed by atoms with Crippen molar-refractivity contribution in [1.29, 1.82) is 0 Å². The average molecular weight is 721 g/mol. The third-order valence-electron chi connectivity index (χ3n) is 8.37. The number of hydrogen-bond acceptors (Lipinski definition) is 10. The van der Waals surface area contributed by atoms with Gasteiger partial charge >= 0.3 is 0 Å². The minimum atomic E-state index is -4.42. The van der Waals surface area contributed by atoms with Gasteiger partial charge in [-0.15, -0.1) is 11.8 Å². The summed E-state index contributed by atoms with van der Waals surface area (Å²) in [4.78, 5) is 31.7. The zero-order valence-electron chi connectivity index (χ0n) is 28.0. The molecule has 1 atom stereocenters. The van der Waals surface area contributed by atoms with Crippen LogP contribution in [0.15, 0.2) is 107 Å². The Labute approximate surface area is 296 Å². The standard InChI is InChI=1S/C36H41FN6O5S2/c1-40(2)19-18-30(26-49-32-6-4-3-5-7-32)38-34-17-16-33(24-35(34)43(45)46)50(47,48)39-36(44)28-10-14-31(15-11-28)42-22-20-41(21-23-42)25-27-8-12-29(37)13-9-27/h3-17,24,30,38H,18-23,25-26H2,1-2H3,(H,39,44)/t30-/m1/s1. The molecule has 14 heteroatoms. The molecule has 0 unspecified atom stereocenters. The van der Waals surface area contributed by atoms with E-state index in [2.05, 4.69) is 19.8 Å². The van der Waals surface area contributed by atoms with E-state index in [1.807, 2.05) is 49.3 Å². The van der Waals surface area contributed by atoms with E-state index >= 15 is 0 Å². The molecule has 0 saturated carbocycles. The van der Waals surface area contributed by atoms with Gasteiger partial charge in [-0.05, 0) is 93.3 Å². The number of carbonyl (C=O) groups is 1. The maximum Gasteiger partial charge on any atom is 0.293 e. The Balaban J connectivity index is 1.20. The Morgan fingerprint density at radius 2 is 1.64 bits per heavy atom. The van der Waals surface area contributed by atoms with Crippen LogP contribution in [0.2, 0.25) is 0 Å². The molecule has 0 aromatic heterocycles. The van der Waals surface area contributed by atoms with Crippen LogP contribution in [-0.4, -0.2) is 87.7 Å². The highest BCUT2D eigenvalue weighted by atomic mass is 32.2. The van der Waals surface area contributed by atoms with Crippen molar-refractivity contribution in [3.63, 3.8) is 0 Å². The number of sulfonamides is 1. The topological polar surface area (TPSA) is 128 Å². The molecule has 50 heavy (non-hydrogen) atoms. The second-order valence-corrected chi connectivity index (χ2v) is 15.1. The van der Waals surface area contributed by atoms with Crippen molar-refractivity contribution < 1.29 is 22.5 Å². The van der Waals surface area contributed by atoms with Crippen LogP contribution in [0, 0.1) is 15.9 Å². The van der Waals surface area contributed by atoms with Crippen molar-refractivity contribution in [2.24, 2.45) is 0 Å². The van der Waals surface area contributed by atoms with E-state index in [1.54, 1.807) is 48.2 Å². The first kappa shape index (κ1) is 36.8. The highest BCUT2D eigenvalue weighted by molar-refractivity contribution is 7.99. The summed E-state index contributed by atoms with van der Waals surface area (Å²) in [5, 5.41) is 15.4. The maximum atomic E-state index is 13.2. The minimum Gasteiger partial charge on any atom is -0.376 e. The summed E-state index contributed by atoms with van der Waals surface area (Å²) in [7, 11) is -0.517. The fourth-order valence-electron chi connectivity index (χ4n) is 5.57. The molecule has 0 bridgehead atoms. The Hall–Kier alpha value is -4.50. The van der Waals surface area contributed by atoms with Crippen molar-refractivity contribution >= 4 is 44.8 Å². The second kappa shape index (κ2) is 16.9. The van der Waals surface area contributed by atoms with E-state index in [1.165, 1.54) is 24.3 Å². The number of amides is 1. The lowest BCUT2D eigenvalue weighted by atomic mass is 10.1. The Morgan fingerprint density at radius 3 is 2.28 bits per heavy atom. The molecule has 5 rings (SSSR count). The molecule has 0 spiro atoms. The number of hydrogen-bond donors (Lipinski definition) is 2. The molecule has 1 heterocycles. The van der Waals surface area contributed by atoms with Crippen LogP contribution >= 0.6 is 11.8 Å². The van der Waals surface area contributed by atoms with Gasteiger partial charge in [0.1, 0.15) is 11.5 Å². The molecular formula is C36H41FN6O5S2. The first-order valence-electron chi connectivity index (χ1n) is 16.2. The van der Waals surface area contributed by atoms with Gasteiger partial charge in [0.05, 0.1) is 9.82 Å². The van der Waals surface area contributed by atoms with E-state index in [0.29, 0.717) is 12.2 Å². The quantitative estimate of drug-likeness (QED) is 0.0897. The third-order valence-corrected chi connectivity index (χ3v) is 10.9. The van der Waals surface area contributed by atoms with Crippen LogP contribution < -0.4 is 14.9 Å². The molecule has 0 aliphatic carbocycles. The van der Waals surface area contributed by atoms with Crippen molar-refractivity contribution in [3.8, 4) is 0 Å². The monoisotopic (exact) mass is 720 g/mol. The number of benzene rings is 4. The number of rotatable bonds is 15. The lowest BCUT2D eigenvalue weighted by Gasteiger charge is -2.36. The van der Waals surface area contributed by atoms with Crippen molar-refractivity contribution in [1.82, 2.24) is 14.5 Å². The molecule has 1 fully saturated rings. The molecule has 4 aromatic carbocycles. The first-order valence-corrected chi connectivity index (χ1v) is 18.7. The lowest BCUT2D eigenvalue weighted by Crippen LogP contribution is -2.46. The zero-order valence-corrected chi connectivity index (χ0v) is 29.6. The fourth-order valence-corrected chi connectivity index (χ4v) is 7.56. The molecule has 1 aliphatic heterocycles. The van der Waals surface area contributed by atoms with Crippen molar-refractivity contribution in [2.45, 2.75) is 28.8 Å². The predicted octanol–water partition coefficient (Wildman–Crippen LogP) is 5.70. The molecule has 1 amide bonds. The lowest BCUT2D eigenvalue weighted by molar-refractivity contribution is -0.384. The number of anilines is 2. The number of nitro benzene ring substituents is 1. The van der Waals surface area contributed by atoms with Gasteiger partial charge < -0.3 is 15.1 Å². The van der Waals surface area contributed by atoms with Crippen molar-refractivity contribution in [2.75, 3.05) is 62.8 Å². The second-order valence-electron chi connectivity index (χ2n) is 12.4. The molecule has 11 nitrogen and oxygen atoms in total. The van der Waals surface area contributed by atoms with Crippen LogP contribution in [0.5, 0.6) is 0 Å². The number of halogens is 1. The Bertz CT molecular complexity index is 1850. The molecular weight excluding hydrogens is 680 g/mol. The normalized spacial score (nSPS) is 14.4. The number of nitro groups is 1. The van der Waals surface area contributed by atoms with Gasteiger partial charge in [-0.2, -0.15) is 0 Å². The number of nitrogens with one attached hydrogen (secondary N) is 2. The number of carbonyl (C=O) groups excluding carboxylic acids is 1. The highest BCUT2D eigenvalue weighted by Gasteiger charge is 2.25. The summed E-state index contributed by atoms with van der Waals surface area (Å²) in [6, 6.07) is 26.5. The summed E-state index contributed by atoms with van der Waals surface area (Å²) < 4.78 is 41.8. The van der Waals surface area contributed by atoms with E-state index in [0.717, 1.165) is 61.5 Å². The van der Waals surface area contributed by atoms with Crippen LogP contribution in [0.3, 0.4) is 0 Å². The molecule has 1 aliphatic rings. The Morgan fingerprint density at radius 1 is 0.960 bits per heavy atom. The van der Waals surface area contributed by atoms with Crippen LogP contribution in [-0.2, 0) is 16.6 Å².